The fraction of sp³-hybridized carbons (Fsp3) is 0.143. The Balaban J connectivity index is 3.08. The van der Waals surface area contributed by atoms with E-state index in [0.29, 0.717) is 10.8 Å². The number of rotatable bonds is 2. The Labute approximate surface area is 84.6 Å². The molecule has 5 heteroatoms. The lowest BCUT2D eigenvalue weighted by Gasteiger charge is -2.06. The van der Waals surface area contributed by atoms with Crippen molar-refractivity contribution in [3.63, 3.8) is 0 Å². The van der Waals surface area contributed by atoms with Gasteiger partial charge in [-0.2, -0.15) is 0 Å². The molecule has 0 aliphatic rings. The summed E-state index contributed by atoms with van der Waals surface area (Å²) >= 11 is 17.1. The predicted octanol–water partition coefficient (Wildman–Crippen LogP) is 2.98. The summed E-state index contributed by atoms with van der Waals surface area (Å²) in [6, 6.07) is 3.08. The summed E-state index contributed by atoms with van der Waals surface area (Å²) < 4.78 is 4.75. The average Bonchev–Trinajstić information content (AvgIpc) is 2.07. The highest BCUT2D eigenvalue weighted by atomic mass is 35.5. The van der Waals surface area contributed by atoms with E-state index in [4.69, 9.17) is 44.6 Å². The minimum absolute atomic E-state index is 0.207. The van der Waals surface area contributed by atoms with Crippen LogP contribution in [0.3, 0.4) is 0 Å². The van der Waals surface area contributed by atoms with Crippen LogP contribution in [0.25, 0.3) is 0 Å². The van der Waals surface area contributed by atoms with E-state index in [-0.39, 0.29) is 10.0 Å². The van der Waals surface area contributed by atoms with E-state index in [2.05, 4.69) is 0 Å². The normalized spacial score (nSPS) is 10.0. The van der Waals surface area contributed by atoms with Gasteiger partial charge in [0.05, 0.1) is 10.0 Å². The molecule has 0 aliphatic carbocycles. The first kappa shape index (κ1) is 9.93. The highest BCUT2D eigenvalue weighted by molar-refractivity contribution is 6.48. The number of benzene rings is 1. The van der Waals surface area contributed by atoms with Crippen LogP contribution in [-0.2, 0) is 0 Å². The second-order valence-corrected chi connectivity index (χ2v) is 3.11. The first-order valence-corrected chi connectivity index (χ1v) is 4.17. The molecule has 0 aromatic heterocycles. The maximum Gasteiger partial charge on any atom is 0.186 e. The van der Waals surface area contributed by atoms with E-state index >= 15 is 0 Å². The molecule has 0 saturated carbocycles. The molecule has 0 aliphatic heterocycles. The molecule has 1 aromatic rings. The number of hydrogen-bond acceptors (Lipinski definition) is 2. The average molecular weight is 227 g/mol. The number of ether oxygens (including phenoxy) is 1. The van der Waals surface area contributed by atoms with E-state index in [1.807, 2.05) is 0 Å². The van der Waals surface area contributed by atoms with Gasteiger partial charge in [-0.1, -0.05) is 34.8 Å². The van der Waals surface area contributed by atoms with Gasteiger partial charge in [0.2, 0.25) is 0 Å². The van der Waals surface area contributed by atoms with Crippen LogP contribution in [0.15, 0.2) is 12.1 Å². The van der Waals surface area contributed by atoms with Gasteiger partial charge < -0.3 is 9.84 Å². The SMILES string of the molecule is OCOc1ccc(Cl)c(Cl)c1Cl. The molecule has 0 amide bonds. The summed E-state index contributed by atoms with van der Waals surface area (Å²) in [5, 5.41) is 9.23. The fourth-order valence-corrected chi connectivity index (χ4v) is 1.27. The molecule has 0 radical (unpaired) electrons. The highest BCUT2D eigenvalue weighted by Gasteiger charge is 2.08. The maximum absolute atomic E-state index is 8.45. The largest absolute Gasteiger partial charge is 0.466 e. The van der Waals surface area contributed by atoms with Crippen LogP contribution in [0.4, 0.5) is 0 Å². The molecular weight excluding hydrogens is 222 g/mol. The van der Waals surface area contributed by atoms with Gasteiger partial charge in [0.25, 0.3) is 0 Å². The van der Waals surface area contributed by atoms with Crippen LogP contribution < -0.4 is 4.74 Å². The monoisotopic (exact) mass is 226 g/mol. The molecule has 0 bridgehead atoms. The molecule has 2 nitrogen and oxygen atoms in total. The Morgan fingerprint density at radius 1 is 1.17 bits per heavy atom. The third-order valence-corrected chi connectivity index (χ3v) is 2.50. The number of halogens is 3. The number of aliphatic hydroxyl groups excluding tert-OH is 1. The molecule has 0 heterocycles. The summed E-state index contributed by atoms with van der Waals surface area (Å²) in [6.45, 7) is -0.447. The molecule has 0 saturated heterocycles. The van der Waals surface area contributed by atoms with Gasteiger partial charge >= 0.3 is 0 Å². The third-order valence-electron chi connectivity index (χ3n) is 1.22. The Kier molecular flexibility index (Phi) is 3.47. The molecule has 0 spiro atoms. The standard InChI is InChI=1S/C7H5Cl3O2/c8-4-1-2-5(12-3-11)7(10)6(4)9/h1-2,11H,3H2. The van der Waals surface area contributed by atoms with Crippen LogP contribution in [0, 0.1) is 0 Å². The van der Waals surface area contributed by atoms with Gasteiger partial charge in [-0.3, -0.25) is 0 Å². The van der Waals surface area contributed by atoms with Crippen molar-refractivity contribution in [3.8, 4) is 5.75 Å². The Hall–Kier alpha value is -0.150. The van der Waals surface area contributed by atoms with Crippen molar-refractivity contribution in [1.82, 2.24) is 0 Å². The minimum atomic E-state index is -0.447. The molecule has 66 valence electrons. The maximum atomic E-state index is 8.45. The second kappa shape index (κ2) is 4.19. The van der Waals surface area contributed by atoms with E-state index in [1.165, 1.54) is 6.07 Å². The Bertz CT molecular complexity index is 288. The molecular formula is C7H5Cl3O2. The van der Waals surface area contributed by atoms with Crippen molar-refractivity contribution in [3.05, 3.63) is 27.2 Å². The van der Waals surface area contributed by atoms with Crippen LogP contribution in [0.2, 0.25) is 15.1 Å². The van der Waals surface area contributed by atoms with Gasteiger partial charge in [-0.05, 0) is 12.1 Å². The zero-order chi connectivity index (χ0) is 9.14. The van der Waals surface area contributed by atoms with Gasteiger partial charge in [-0.25, -0.2) is 0 Å². The summed E-state index contributed by atoms with van der Waals surface area (Å²) in [5.41, 5.74) is 0. The zero-order valence-corrected chi connectivity index (χ0v) is 8.12. The Morgan fingerprint density at radius 3 is 2.42 bits per heavy atom. The number of aliphatic hydroxyl groups is 1. The van der Waals surface area contributed by atoms with Crippen LogP contribution >= 0.6 is 34.8 Å². The van der Waals surface area contributed by atoms with E-state index < -0.39 is 6.79 Å². The lowest BCUT2D eigenvalue weighted by atomic mass is 10.3. The fourth-order valence-electron chi connectivity index (χ4n) is 0.689. The topological polar surface area (TPSA) is 29.5 Å². The van der Waals surface area contributed by atoms with E-state index in [1.54, 1.807) is 6.07 Å². The molecule has 1 aromatic carbocycles. The van der Waals surface area contributed by atoms with E-state index in [9.17, 15) is 0 Å². The summed E-state index contributed by atoms with van der Waals surface area (Å²) in [5.74, 6) is 0.313. The lowest BCUT2D eigenvalue weighted by molar-refractivity contribution is 0.0986. The Morgan fingerprint density at radius 2 is 1.83 bits per heavy atom. The van der Waals surface area contributed by atoms with Gasteiger partial charge in [0.1, 0.15) is 10.8 Å². The highest BCUT2D eigenvalue weighted by Crippen LogP contribution is 2.36. The van der Waals surface area contributed by atoms with Crippen LogP contribution in [0.5, 0.6) is 5.75 Å². The molecule has 0 unspecified atom stereocenters. The smallest absolute Gasteiger partial charge is 0.186 e. The van der Waals surface area contributed by atoms with E-state index in [0.717, 1.165) is 0 Å². The quantitative estimate of drug-likeness (QED) is 0.622. The molecule has 12 heavy (non-hydrogen) atoms. The van der Waals surface area contributed by atoms with Crippen molar-refractivity contribution in [2.24, 2.45) is 0 Å². The first-order chi connectivity index (χ1) is 5.66. The van der Waals surface area contributed by atoms with Crippen molar-refractivity contribution in [2.45, 2.75) is 0 Å². The lowest BCUT2D eigenvalue weighted by Crippen LogP contribution is -1.95. The summed E-state index contributed by atoms with van der Waals surface area (Å²) in [4.78, 5) is 0. The van der Waals surface area contributed by atoms with Crippen LogP contribution in [-0.4, -0.2) is 11.9 Å². The van der Waals surface area contributed by atoms with Crippen molar-refractivity contribution >= 4 is 34.8 Å². The third kappa shape index (κ3) is 1.96. The zero-order valence-electron chi connectivity index (χ0n) is 5.85. The van der Waals surface area contributed by atoms with Gasteiger partial charge in [0.15, 0.2) is 6.79 Å². The summed E-state index contributed by atoms with van der Waals surface area (Å²) in [7, 11) is 0. The van der Waals surface area contributed by atoms with Gasteiger partial charge in [0, 0.05) is 0 Å². The minimum Gasteiger partial charge on any atom is -0.466 e. The molecule has 0 atom stereocenters. The predicted molar refractivity (Wildman–Crippen MR) is 49.2 cm³/mol. The summed E-state index contributed by atoms with van der Waals surface area (Å²) in [6.07, 6.45) is 0. The van der Waals surface area contributed by atoms with Crippen molar-refractivity contribution < 1.29 is 9.84 Å². The van der Waals surface area contributed by atoms with Crippen molar-refractivity contribution in [1.29, 1.82) is 0 Å². The van der Waals surface area contributed by atoms with Crippen LogP contribution in [0.1, 0.15) is 0 Å². The molecule has 1 rings (SSSR count). The first-order valence-electron chi connectivity index (χ1n) is 3.04. The molecule has 0 fully saturated rings. The molecule has 1 N–H and O–H groups in total. The number of hydrogen-bond donors (Lipinski definition) is 1. The van der Waals surface area contributed by atoms with Crippen molar-refractivity contribution in [2.75, 3.05) is 6.79 Å². The van der Waals surface area contributed by atoms with Gasteiger partial charge in [-0.15, -0.1) is 0 Å². The second-order valence-electron chi connectivity index (χ2n) is 1.95.